The molecule has 17 heavy (non-hydrogen) atoms. The highest BCUT2D eigenvalue weighted by Gasteiger charge is 2.38. The van der Waals surface area contributed by atoms with Crippen molar-refractivity contribution in [2.75, 3.05) is 20.1 Å². The van der Waals surface area contributed by atoms with Crippen molar-refractivity contribution in [3.63, 3.8) is 0 Å². The second kappa shape index (κ2) is 6.19. The summed E-state index contributed by atoms with van der Waals surface area (Å²) in [5.74, 6) is 1.90. The van der Waals surface area contributed by atoms with E-state index in [4.69, 9.17) is 0 Å². The fourth-order valence-corrected chi connectivity index (χ4v) is 3.57. The first kappa shape index (κ1) is 13.4. The molecule has 2 heteroatoms. The Balaban J connectivity index is 1.81. The van der Waals surface area contributed by atoms with Crippen LogP contribution < -0.4 is 5.32 Å². The number of likely N-dealkylation sites (tertiary alicyclic amines) is 1. The molecule has 1 saturated heterocycles. The lowest BCUT2D eigenvalue weighted by molar-refractivity contribution is 0.00419. The summed E-state index contributed by atoms with van der Waals surface area (Å²) in [6.45, 7) is 7.32. The van der Waals surface area contributed by atoms with E-state index in [2.05, 4.69) is 31.1 Å². The first-order chi connectivity index (χ1) is 8.22. The van der Waals surface area contributed by atoms with E-state index in [1.165, 1.54) is 51.6 Å². The second-order valence-corrected chi connectivity index (χ2v) is 6.41. The number of nitrogens with one attached hydrogen (secondary N) is 1. The van der Waals surface area contributed by atoms with Gasteiger partial charge in [0.25, 0.3) is 0 Å². The zero-order chi connectivity index (χ0) is 12.3. The van der Waals surface area contributed by atoms with Gasteiger partial charge >= 0.3 is 0 Å². The Hall–Kier alpha value is -0.0800. The van der Waals surface area contributed by atoms with Crippen molar-refractivity contribution in [2.24, 2.45) is 11.8 Å². The van der Waals surface area contributed by atoms with Crippen molar-refractivity contribution in [1.29, 1.82) is 0 Å². The summed E-state index contributed by atoms with van der Waals surface area (Å²) in [5.41, 5.74) is 0. The third-order valence-corrected chi connectivity index (χ3v) is 4.96. The van der Waals surface area contributed by atoms with Crippen molar-refractivity contribution in [1.82, 2.24) is 10.2 Å². The van der Waals surface area contributed by atoms with Gasteiger partial charge in [-0.15, -0.1) is 0 Å². The lowest BCUT2D eigenvalue weighted by Gasteiger charge is -2.49. The molecule has 100 valence electrons. The Morgan fingerprint density at radius 1 is 1.24 bits per heavy atom. The molecule has 0 amide bonds. The van der Waals surface area contributed by atoms with E-state index >= 15 is 0 Å². The molecular weight excluding hydrogens is 208 g/mol. The fraction of sp³-hybridized carbons (Fsp3) is 1.00. The summed E-state index contributed by atoms with van der Waals surface area (Å²) in [7, 11) is 2.07. The van der Waals surface area contributed by atoms with E-state index in [1.54, 1.807) is 0 Å². The van der Waals surface area contributed by atoms with Crippen LogP contribution in [0.15, 0.2) is 0 Å². The van der Waals surface area contributed by atoms with E-state index in [9.17, 15) is 0 Å². The third-order valence-electron chi connectivity index (χ3n) is 4.96. The van der Waals surface area contributed by atoms with Crippen LogP contribution in [0.4, 0.5) is 0 Å². The van der Waals surface area contributed by atoms with Crippen molar-refractivity contribution >= 4 is 0 Å². The normalized spacial score (nSPS) is 34.9. The van der Waals surface area contributed by atoms with Crippen LogP contribution in [0.5, 0.6) is 0 Å². The van der Waals surface area contributed by atoms with E-state index in [0.717, 1.165) is 23.9 Å². The van der Waals surface area contributed by atoms with Crippen molar-refractivity contribution in [3.8, 4) is 0 Å². The smallest absolute Gasteiger partial charge is 0.0110 e. The largest absolute Gasteiger partial charge is 0.320 e. The van der Waals surface area contributed by atoms with Gasteiger partial charge in [-0.05, 0) is 64.1 Å². The van der Waals surface area contributed by atoms with Gasteiger partial charge in [-0.1, -0.05) is 20.3 Å². The van der Waals surface area contributed by atoms with Gasteiger partial charge in [0.2, 0.25) is 0 Å². The van der Waals surface area contributed by atoms with Gasteiger partial charge in [0, 0.05) is 12.1 Å². The van der Waals surface area contributed by atoms with Crippen LogP contribution >= 0.6 is 0 Å². The van der Waals surface area contributed by atoms with Gasteiger partial charge in [0.15, 0.2) is 0 Å². The molecule has 0 spiro atoms. The maximum Gasteiger partial charge on any atom is 0.0110 e. The zero-order valence-corrected chi connectivity index (χ0v) is 11.9. The van der Waals surface area contributed by atoms with Crippen molar-refractivity contribution in [3.05, 3.63) is 0 Å². The van der Waals surface area contributed by atoms with Gasteiger partial charge in [-0.2, -0.15) is 0 Å². The molecule has 1 unspecified atom stereocenters. The molecule has 0 aromatic carbocycles. The quantitative estimate of drug-likeness (QED) is 0.792. The minimum Gasteiger partial charge on any atom is -0.320 e. The summed E-state index contributed by atoms with van der Waals surface area (Å²) in [5, 5.41) is 3.31. The Bertz CT molecular complexity index is 221. The third kappa shape index (κ3) is 3.23. The molecule has 1 saturated carbocycles. The Kier molecular flexibility index (Phi) is 4.87. The predicted octanol–water partition coefficient (Wildman–Crippen LogP) is 2.89. The topological polar surface area (TPSA) is 15.3 Å². The second-order valence-electron chi connectivity index (χ2n) is 6.41. The van der Waals surface area contributed by atoms with Crippen LogP contribution in [0.3, 0.4) is 0 Å². The highest BCUT2D eigenvalue weighted by Crippen LogP contribution is 2.39. The lowest BCUT2D eigenvalue weighted by Crippen LogP contribution is -2.53. The number of hydrogen-bond donors (Lipinski definition) is 1. The Morgan fingerprint density at radius 2 is 2.00 bits per heavy atom. The van der Waals surface area contributed by atoms with Crippen LogP contribution in [-0.2, 0) is 0 Å². The molecule has 1 atom stereocenters. The molecular formula is C15H30N2. The van der Waals surface area contributed by atoms with Crippen LogP contribution in [-0.4, -0.2) is 37.1 Å². The van der Waals surface area contributed by atoms with Gasteiger partial charge in [-0.3, -0.25) is 4.90 Å². The highest BCUT2D eigenvalue weighted by molar-refractivity contribution is 4.92. The summed E-state index contributed by atoms with van der Waals surface area (Å²) in [4.78, 5) is 2.85. The average molecular weight is 238 g/mol. The molecule has 0 aromatic heterocycles. The van der Waals surface area contributed by atoms with E-state index in [1.807, 2.05) is 0 Å². The van der Waals surface area contributed by atoms with E-state index in [-0.39, 0.29) is 0 Å². The summed E-state index contributed by atoms with van der Waals surface area (Å²) in [6.07, 6.45) is 8.59. The molecule has 0 aromatic rings. The van der Waals surface area contributed by atoms with Crippen LogP contribution in [0.25, 0.3) is 0 Å². The maximum absolute atomic E-state index is 3.31. The SMILES string of the molecule is CNCCC1CCCCN1C1CC(C(C)C)C1. The number of piperidine rings is 1. The highest BCUT2D eigenvalue weighted by atomic mass is 15.2. The molecule has 2 nitrogen and oxygen atoms in total. The van der Waals surface area contributed by atoms with Crippen molar-refractivity contribution < 1.29 is 0 Å². The minimum atomic E-state index is 0.870. The standard InChI is InChI=1S/C15H30N2/c1-12(2)13-10-15(11-13)17-9-5-4-6-14(17)7-8-16-3/h12-16H,4-11H2,1-3H3. The van der Waals surface area contributed by atoms with Gasteiger partial charge in [0.1, 0.15) is 0 Å². The Morgan fingerprint density at radius 3 is 2.65 bits per heavy atom. The first-order valence-electron chi connectivity index (χ1n) is 7.62. The number of nitrogens with zero attached hydrogens (tertiary/aromatic N) is 1. The molecule has 1 aliphatic carbocycles. The van der Waals surface area contributed by atoms with E-state index < -0.39 is 0 Å². The predicted molar refractivity (Wildman–Crippen MR) is 74.2 cm³/mol. The molecule has 1 aliphatic heterocycles. The summed E-state index contributed by atoms with van der Waals surface area (Å²) in [6, 6.07) is 1.79. The average Bonchev–Trinajstić information content (AvgIpc) is 2.25. The molecule has 0 bridgehead atoms. The lowest BCUT2D eigenvalue weighted by atomic mass is 9.72. The number of rotatable bonds is 5. The van der Waals surface area contributed by atoms with Crippen LogP contribution in [0, 0.1) is 11.8 Å². The van der Waals surface area contributed by atoms with Crippen LogP contribution in [0.2, 0.25) is 0 Å². The summed E-state index contributed by atoms with van der Waals surface area (Å²) < 4.78 is 0. The summed E-state index contributed by atoms with van der Waals surface area (Å²) >= 11 is 0. The van der Waals surface area contributed by atoms with Gasteiger partial charge in [0.05, 0.1) is 0 Å². The molecule has 2 fully saturated rings. The monoisotopic (exact) mass is 238 g/mol. The molecule has 0 radical (unpaired) electrons. The molecule has 1 N–H and O–H groups in total. The van der Waals surface area contributed by atoms with Gasteiger partial charge < -0.3 is 5.32 Å². The first-order valence-corrected chi connectivity index (χ1v) is 7.62. The maximum atomic E-state index is 3.31. The minimum absolute atomic E-state index is 0.870. The molecule has 2 aliphatic rings. The van der Waals surface area contributed by atoms with Crippen molar-refractivity contribution in [2.45, 2.75) is 64.5 Å². The van der Waals surface area contributed by atoms with Crippen LogP contribution in [0.1, 0.15) is 52.4 Å². The fourth-order valence-electron chi connectivity index (χ4n) is 3.57. The van der Waals surface area contributed by atoms with E-state index in [0.29, 0.717) is 0 Å². The van der Waals surface area contributed by atoms with Gasteiger partial charge in [-0.25, -0.2) is 0 Å². The Labute approximate surface area is 107 Å². The zero-order valence-electron chi connectivity index (χ0n) is 11.9. The molecule has 1 heterocycles. The molecule has 2 rings (SSSR count). The number of hydrogen-bond acceptors (Lipinski definition) is 2.